The molecular weight excluding hydrogens is 360 g/mol. The van der Waals surface area contributed by atoms with E-state index in [1.54, 1.807) is 0 Å². The van der Waals surface area contributed by atoms with Gasteiger partial charge in [-0.25, -0.2) is 13.2 Å². The van der Waals surface area contributed by atoms with Gasteiger partial charge in [-0.2, -0.15) is 0 Å². The number of benzene rings is 1. The van der Waals surface area contributed by atoms with E-state index in [0.29, 0.717) is 0 Å². The van der Waals surface area contributed by atoms with Crippen LogP contribution in [0.3, 0.4) is 0 Å². The number of esters is 1. The highest BCUT2D eigenvalue weighted by Crippen LogP contribution is 2.20. The summed E-state index contributed by atoms with van der Waals surface area (Å²) in [6.45, 7) is 0.167. The van der Waals surface area contributed by atoms with Crippen molar-refractivity contribution in [3.63, 3.8) is 0 Å². The summed E-state index contributed by atoms with van der Waals surface area (Å²) in [6.07, 6.45) is 0.557. The van der Waals surface area contributed by atoms with Crippen molar-refractivity contribution >= 4 is 39.8 Å². The zero-order valence-corrected chi connectivity index (χ0v) is 15.2. The lowest BCUT2D eigenvalue weighted by atomic mass is 10.2. The quantitative estimate of drug-likeness (QED) is 0.663. The molecule has 0 spiro atoms. The van der Waals surface area contributed by atoms with Crippen molar-refractivity contribution in [1.82, 2.24) is 0 Å². The molecule has 1 rings (SSSR count). The van der Waals surface area contributed by atoms with E-state index in [9.17, 15) is 18.0 Å². The van der Waals surface area contributed by atoms with Gasteiger partial charge >= 0.3 is 5.97 Å². The van der Waals surface area contributed by atoms with E-state index in [-0.39, 0.29) is 41.5 Å². The van der Waals surface area contributed by atoms with Crippen LogP contribution in [0.25, 0.3) is 0 Å². The minimum absolute atomic E-state index is 0. The summed E-state index contributed by atoms with van der Waals surface area (Å²) >= 11 is 0. The fourth-order valence-electron chi connectivity index (χ4n) is 1.80. The highest BCUT2D eigenvalue weighted by atomic mass is 35.5. The zero-order valence-electron chi connectivity index (χ0n) is 13.6. The van der Waals surface area contributed by atoms with Crippen LogP contribution in [-0.4, -0.2) is 53.4 Å². The van der Waals surface area contributed by atoms with Gasteiger partial charge < -0.3 is 20.5 Å². The Bertz CT molecular complexity index is 689. The van der Waals surface area contributed by atoms with Gasteiger partial charge in [-0.05, 0) is 18.2 Å². The first-order valence-electron chi connectivity index (χ1n) is 6.67. The molecule has 0 aliphatic rings. The number of sulfone groups is 1. The normalized spacial score (nSPS) is 12.0. The van der Waals surface area contributed by atoms with Crippen molar-refractivity contribution in [3.05, 3.63) is 23.8 Å². The maximum atomic E-state index is 11.9. The third kappa shape index (κ3) is 6.44. The molecule has 0 aliphatic heterocycles. The Labute approximate surface area is 147 Å². The molecule has 0 heterocycles. The third-order valence-electron chi connectivity index (χ3n) is 3.05. The number of rotatable bonds is 7. The van der Waals surface area contributed by atoms with E-state index in [1.165, 1.54) is 32.4 Å². The van der Waals surface area contributed by atoms with Crippen LogP contribution in [0.2, 0.25) is 0 Å². The fourth-order valence-corrected chi connectivity index (χ4v) is 2.48. The molecule has 8 nitrogen and oxygen atoms in total. The maximum Gasteiger partial charge on any atom is 0.337 e. The second-order valence-electron chi connectivity index (χ2n) is 4.86. The van der Waals surface area contributed by atoms with Crippen LogP contribution in [0.1, 0.15) is 16.8 Å². The average Bonchev–Trinajstić information content (AvgIpc) is 2.50. The molecule has 0 fully saturated rings. The molecule has 136 valence electrons. The lowest BCUT2D eigenvalue weighted by Gasteiger charge is -2.13. The summed E-state index contributed by atoms with van der Waals surface area (Å²) < 4.78 is 33.0. The molecule has 1 amide bonds. The zero-order chi connectivity index (χ0) is 17.6. The van der Waals surface area contributed by atoms with Crippen molar-refractivity contribution in [2.24, 2.45) is 5.73 Å². The number of halogens is 1. The molecule has 1 atom stereocenters. The maximum absolute atomic E-state index is 11.9. The molecule has 3 N–H and O–H groups in total. The smallest absolute Gasteiger partial charge is 0.337 e. The highest BCUT2D eigenvalue weighted by molar-refractivity contribution is 7.90. The summed E-state index contributed by atoms with van der Waals surface area (Å²) in [6, 6.07) is 3.79. The summed E-state index contributed by atoms with van der Waals surface area (Å²) in [5.74, 6) is -1.12. The Kier molecular flexibility index (Phi) is 8.91. The number of nitrogens with two attached hydrogens (primary N) is 1. The van der Waals surface area contributed by atoms with Crippen molar-refractivity contribution in [2.75, 3.05) is 32.3 Å². The largest absolute Gasteiger partial charge is 0.465 e. The first kappa shape index (κ1) is 22.3. The van der Waals surface area contributed by atoms with Gasteiger partial charge in [0, 0.05) is 25.6 Å². The first-order valence-corrected chi connectivity index (χ1v) is 8.56. The van der Waals surface area contributed by atoms with Gasteiger partial charge in [0.05, 0.1) is 30.1 Å². The molecule has 1 aromatic carbocycles. The van der Waals surface area contributed by atoms with Gasteiger partial charge in [-0.1, -0.05) is 0 Å². The Morgan fingerprint density at radius 3 is 2.33 bits per heavy atom. The van der Waals surface area contributed by atoms with Crippen molar-refractivity contribution < 1.29 is 27.5 Å². The van der Waals surface area contributed by atoms with Gasteiger partial charge in [-0.15, -0.1) is 12.4 Å². The van der Waals surface area contributed by atoms with Crippen molar-refractivity contribution in [1.29, 1.82) is 0 Å². The predicted molar refractivity (Wildman–Crippen MR) is 91.2 cm³/mol. The molecule has 0 radical (unpaired) electrons. The van der Waals surface area contributed by atoms with Gasteiger partial charge in [0.15, 0.2) is 9.84 Å². The van der Waals surface area contributed by atoms with E-state index < -0.39 is 27.8 Å². The molecule has 0 aromatic heterocycles. The molecule has 0 aliphatic carbocycles. The number of amides is 1. The molecule has 0 saturated carbocycles. The van der Waals surface area contributed by atoms with E-state index in [2.05, 4.69) is 10.1 Å². The van der Waals surface area contributed by atoms with Gasteiger partial charge in [0.25, 0.3) is 0 Å². The number of hydrogen-bond acceptors (Lipinski definition) is 7. The Morgan fingerprint density at radius 2 is 1.88 bits per heavy atom. The van der Waals surface area contributed by atoms with Crippen molar-refractivity contribution in [3.8, 4) is 0 Å². The summed E-state index contributed by atoms with van der Waals surface area (Å²) in [5.41, 5.74) is 5.64. The molecule has 0 bridgehead atoms. The van der Waals surface area contributed by atoms with Crippen LogP contribution in [-0.2, 0) is 24.1 Å². The lowest BCUT2D eigenvalue weighted by molar-refractivity contribution is -0.118. The van der Waals surface area contributed by atoms with E-state index in [4.69, 9.17) is 10.5 Å². The average molecular weight is 381 g/mol. The summed E-state index contributed by atoms with van der Waals surface area (Å²) in [4.78, 5) is 23.5. The van der Waals surface area contributed by atoms with Crippen LogP contribution in [0.15, 0.2) is 23.1 Å². The van der Waals surface area contributed by atoms with Crippen LogP contribution in [0.5, 0.6) is 0 Å². The second-order valence-corrected chi connectivity index (χ2v) is 6.87. The molecule has 24 heavy (non-hydrogen) atoms. The fraction of sp³-hybridized carbons (Fsp3) is 0.429. The predicted octanol–water partition coefficient (Wildman–Crippen LogP) is 0.601. The number of anilines is 1. The van der Waals surface area contributed by atoms with Crippen LogP contribution < -0.4 is 11.1 Å². The molecular formula is C14H21ClN2O6S. The van der Waals surface area contributed by atoms with Gasteiger partial charge in [0.2, 0.25) is 5.91 Å². The number of hydrogen-bond donors (Lipinski definition) is 2. The summed E-state index contributed by atoms with van der Waals surface area (Å²) in [7, 11) is -0.948. The highest BCUT2D eigenvalue weighted by Gasteiger charge is 2.17. The number of methoxy groups -OCH3 is 2. The van der Waals surface area contributed by atoms with Gasteiger partial charge in [0.1, 0.15) is 0 Å². The molecule has 1 unspecified atom stereocenters. The molecule has 0 saturated heterocycles. The van der Waals surface area contributed by atoms with E-state index in [0.717, 1.165) is 6.26 Å². The van der Waals surface area contributed by atoms with Crippen LogP contribution in [0, 0.1) is 0 Å². The van der Waals surface area contributed by atoms with Crippen LogP contribution >= 0.6 is 12.4 Å². The molecule has 10 heteroatoms. The number of carbonyl (C=O) groups excluding carboxylic acids is 2. The number of ether oxygens (including phenoxy) is 2. The van der Waals surface area contributed by atoms with Crippen molar-refractivity contribution in [2.45, 2.75) is 17.4 Å². The van der Waals surface area contributed by atoms with Gasteiger partial charge in [-0.3, -0.25) is 4.79 Å². The first-order chi connectivity index (χ1) is 10.7. The molecule has 1 aromatic rings. The third-order valence-corrected chi connectivity index (χ3v) is 4.14. The summed E-state index contributed by atoms with van der Waals surface area (Å²) in [5, 5.41) is 2.53. The van der Waals surface area contributed by atoms with E-state index >= 15 is 0 Å². The lowest BCUT2D eigenvalue weighted by Crippen LogP contribution is -2.28. The topological polar surface area (TPSA) is 125 Å². The SMILES string of the molecule is COC(=O)c1cc(NC(=O)CC(CN)OC)cc(S(C)(=O)=O)c1.Cl. The minimum Gasteiger partial charge on any atom is -0.465 e. The number of nitrogens with one attached hydrogen (secondary N) is 1. The second kappa shape index (κ2) is 9.58. The van der Waals surface area contributed by atoms with Crippen LogP contribution in [0.4, 0.5) is 5.69 Å². The Balaban J connectivity index is 0.00000529. The van der Waals surface area contributed by atoms with E-state index in [1.807, 2.05) is 0 Å². The Hall–Kier alpha value is -1.68. The number of carbonyl (C=O) groups is 2. The Morgan fingerprint density at radius 1 is 1.25 bits per heavy atom. The standard InChI is InChI=1S/C14H20N2O6S.ClH/c1-21-11(8-15)7-13(17)16-10-4-9(14(18)22-2)5-12(6-10)23(3,19)20;/h4-6,11H,7-8,15H2,1-3H3,(H,16,17);1H. The minimum atomic E-state index is -3.56. The monoisotopic (exact) mass is 380 g/mol.